The molecule has 0 atom stereocenters. The molecule has 0 radical (unpaired) electrons. The van der Waals surface area contributed by atoms with Gasteiger partial charge in [0.15, 0.2) is 5.82 Å². The van der Waals surface area contributed by atoms with Crippen LogP contribution in [-0.4, -0.2) is 51.5 Å². The quantitative estimate of drug-likeness (QED) is 0.581. The summed E-state index contributed by atoms with van der Waals surface area (Å²) in [6.07, 6.45) is 5.32. The Morgan fingerprint density at radius 1 is 1.25 bits per heavy atom. The standard InChI is InChI=1S/C20H20ClFN6O3S/c21-17-10-16(3-4-18(17)22)32(30,31)27-8-5-14(6-9-27)20(29)25-11-15-2-1-7-24-19(15)28-13-23-12-26-28/h1-4,7,10,12-14H,5-6,8-9,11H2,(H,25,29). The van der Waals surface area contributed by atoms with Crippen LogP contribution in [0.3, 0.4) is 0 Å². The molecule has 0 saturated carbocycles. The number of aromatic nitrogens is 4. The Labute approximate surface area is 189 Å². The maximum Gasteiger partial charge on any atom is 0.243 e. The van der Waals surface area contributed by atoms with Gasteiger partial charge in [0, 0.05) is 37.3 Å². The number of sulfonamides is 1. The van der Waals surface area contributed by atoms with Gasteiger partial charge in [0.05, 0.1) is 9.92 Å². The summed E-state index contributed by atoms with van der Waals surface area (Å²) in [7, 11) is -3.81. The molecule has 1 aliphatic heterocycles. The monoisotopic (exact) mass is 478 g/mol. The van der Waals surface area contributed by atoms with Gasteiger partial charge in [-0.05, 0) is 37.1 Å². The number of pyridine rings is 1. The Kier molecular flexibility index (Phi) is 6.49. The molecule has 32 heavy (non-hydrogen) atoms. The third kappa shape index (κ3) is 4.64. The van der Waals surface area contributed by atoms with E-state index in [0.29, 0.717) is 18.7 Å². The Bertz CT molecular complexity index is 1210. The number of amides is 1. The van der Waals surface area contributed by atoms with E-state index >= 15 is 0 Å². The van der Waals surface area contributed by atoms with Gasteiger partial charge >= 0.3 is 0 Å². The van der Waals surface area contributed by atoms with Crippen LogP contribution in [0.1, 0.15) is 18.4 Å². The van der Waals surface area contributed by atoms with Gasteiger partial charge in [-0.25, -0.2) is 27.5 Å². The van der Waals surface area contributed by atoms with E-state index in [1.807, 2.05) is 6.07 Å². The van der Waals surface area contributed by atoms with Crippen molar-refractivity contribution in [2.45, 2.75) is 24.3 Å². The predicted octanol–water partition coefficient (Wildman–Crippen LogP) is 2.17. The van der Waals surface area contributed by atoms with Crippen molar-refractivity contribution >= 4 is 27.5 Å². The number of piperidine rings is 1. The molecule has 1 aromatic carbocycles. The highest BCUT2D eigenvalue weighted by Crippen LogP contribution is 2.26. The van der Waals surface area contributed by atoms with E-state index in [1.165, 1.54) is 27.7 Å². The summed E-state index contributed by atoms with van der Waals surface area (Å²) < 4.78 is 41.8. The van der Waals surface area contributed by atoms with Crippen LogP contribution in [0, 0.1) is 11.7 Å². The number of carbonyl (C=O) groups excluding carboxylic acids is 1. The lowest BCUT2D eigenvalue weighted by Crippen LogP contribution is -2.42. The van der Waals surface area contributed by atoms with E-state index in [9.17, 15) is 17.6 Å². The van der Waals surface area contributed by atoms with E-state index in [0.717, 1.165) is 17.7 Å². The van der Waals surface area contributed by atoms with E-state index in [-0.39, 0.29) is 41.4 Å². The van der Waals surface area contributed by atoms with Gasteiger partial charge in [0.25, 0.3) is 0 Å². The van der Waals surface area contributed by atoms with Crippen LogP contribution in [0.15, 0.2) is 54.1 Å². The molecule has 1 N–H and O–H groups in total. The summed E-state index contributed by atoms with van der Waals surface area (Å²) in [4.78, 5) is 20.8. The average molecular weight is 479 g/mol. The zero-order valence-corrected chi connectivity index (χ0v) is 18.4. The number of hydrogen-bond acceptors (Lipinski definition) is 6. The fraction of sp³-hybridized carbons (Fsp3) is 0.300. The van der Waals surface area contributed by atoms with Crippen molar-refractivity contribution < 1.29 is 17.6 Å². The van der Waals surface area contributed by atoms with Gasteiger partial charge in [0.1, 0.15) is 18.5 Å². The third-order valence-corrected chi connectivity index (χ3v) is 7.49. The van der Waals surface area contributed by atoms with Crippen LogP contribution in [-0.2, 0) is 21.4 Å². The molecule has 9 nitrogen and oxygen atoms in total. The minimum atomic E-state index is -3.81. The second kappa shape index (κ2) is 9.31. The molecule has 12 heteroatoms. The second-order valence-electron chi connectivity index (χ2n) is 7.30. The summed E-state index contributed by atoms with van der Waals surface area (Å²) in [6, 6.07) is 6.93. The Balaban J connectivity index is 1.36. The molecular formula is C20H20ClFN6O3S. The largest absolute Gasteiger partial charge is 0.352 e. The van der Waals surface area contributed by atoms with Crippen LogP contribution >= 0.6 is 11.6 Å². The maximum absolute atomic E-state index is 13.4. The number of benzene rings is 1. The molecule has 0 bridgehead atoms. The lowest BCUT2D eigenvalue weighted by molar-refractivity contribution is -0.126. The lowest BCUT2D eigenvalue weighted by atomic mass is 9.97. The predicted molar refractivity (Wildman–Crippen MR) is 114 cm³/mol. The number of hydrogen-bond donors (Lipinski definition) is 1. The van der Waals surface area contributed by atoms with Crippen molar-refractivity contribution in [2.75, 3.05) is 13.1 Å². The Morgan fingerprint density at radius 3 is 2.72 bits per heavy atom. The van der Waals surface area contributed by atoms with Gasteiger partial charge in [-0.3, -0.25) is 4.79 Å². The molecule has 3 aromatic rings. The summed E-state index contributed by atoms with van der Waals surface area (Å²) >= 11 is 5.73. The van der Waals surface area contributed by atoms with Gasteiger partial charge in [-0.15, -0.1) is 0 Å². The molecule has 1 amide bonds. The molecular weight excluding hydrogens is 459 g/mol. The average Bonchev–Trinajstić information content (AvgIpc) is 3.34. The van der Waals surface area contributed by atoms with Gasteiger partial charge < -0.3 is 5.32 Å². The fourth-order valence-corrected chi connectivity index (χ4v) is 5.31. The SMILES string of the molecule is O=C(NCc1cccnc1-n1cncn1)C1CCN(S(=O)(=O)c2ccc(F)c(Cl)c2)CC1. The molecule has 0 aliphatic carbocycles. The lowest BCUT2D eigenvalue weighted by Gasteiger charge is -2.30. The first kappa shape index (κ1) is 22.3. The highest BCUT2D eigenvalue weighted by atomic mass is 35.5. The zero-order valence-electron chi connectivity index (χ0n) is 16.9. The van der Waals surface area contributed by atoms with E-state index in [1.54, 1.807) is 12.3 Å². The van der Waals surface area contributed by atoms with Gasteiger partial charge in [-0.2, -0.15) is 9.40 Å². The molecule has 2 aromatic heterocycles. The smallest absolute Gasteiger partial charge is 0.243 e. The van der Waals surface area contributed by atoms with E-state index in [4.69, 9.17) is 11.6 Å². The van der Waals surface area contributed by atoms with Crippen LogP contribution in [0.2, 0.25) is 5.02 Å². The van der Waals surface area contributed by atoms with E-state index in [2.05, 4.69) is 20.4 Å². The maximum atomic E-state index is 13.4. The van der Waals surface area contributed by atoms with Crippen LogP contribution in [0.5, 0.6) is 0 Å². The van der Waals surface area contributed by atoms with Crippen LogP contribution in [0.25, 0.3) is 5.82 Å². The topological polar surface area (TPSA) is 110 Å². The third-order valence-electron chi connectivity index (χ3n) is 5.31. The Hall–Kier alpha value is -2.89. The Morgan fingerprint density at radius 2 is 2.03 bits per heavy atom. The van der Waals surface area contributed by atoms with Crippen LogP contribution < -0.4 is 5.32 Å². The normalized spacial score (nSPS) is 15.6. The van der Waals surface area contributed by atoms with Crippen molar-refractivity contribution in [3.63, 3.8) is 0 Å². The van der Waals surface area contributed by atoms with E-state index < -0.39 is 15.8 Å². The molecule has 1 aliphatic rings. The van der Waals surface area contributed by atoms with Gasteiger partial charge in [0.2, 0.25) is 15.9 Å². The first-order valence-corrected chi connectivity index (χ1v) is 11.7. The van der Waals surface area contributed by atoms with Crippen molar-refractivity contribution in [1.29, 1.82) is 0 Å². The minimum Gasteiger partial charge on any atom is -0.352 e. The molecule has 4 rings (SSSR count). The van der Waals surface area contributed by atoms with Crippen molar-refractivity contribution in [3.8, 4) is 5.82 Å². The first-order chi connectivity index (χ1) is 15.4. The number of nitrogens with one attached hydrogen (secondary N) is 1. The molecule has 0 unspecified atom stereocenters. The summed E-state index contributed by atoms with van der Waals surface area (Å²) in [5, 5.41) is 6.72. The second-order valence-corrected chi connectivity index (χ2v) is 9.64. The number of carbonyl (C=O) groups is 1. The van der Waals surface area contributed by atoms with Crippen molar-refractivity contribution in [3.05, 3.63) is 65.6 Å². The minimum absolute atomic E-state index is 0.0657. The molecule has 0 spiro atoms. The summed E-state index contributed by atoms with van der Waals surface area (Å²) in [5.41, 5.74) is 0.777. The van der Waals surface area contributed by atoms with Gasteiger partial charge in [-0.1, -0.05) is 17.7 Å². The van der Waals surface area contributed by atoms with Crippen LogP contribution in [0.4, 0.5) is 4.39 Å². The molecule has 3 heterocycles. The number of halogens is 2. The highest BCUT2D eigenvalue weighted by Gasteiger charge is 2.32. The molecule has 168 valence electrons. The molecule has 1 fully saturated rings. The number of nitrogens with zero attached hydrogens (tertiary/aromatic N) is 5. The molecule has 1 saturated heterocycles. The number of rotatable bonds is 6. The summed E-state index contributed by atoms with van der Waals surface area (Å²) in [5.74, 6) is -0.573. The first-order valence-electron chi connectivity index (χ1n) is 9.88. The zero-order chi connectivity index (χ0) is 22.7. The van der Waals surface area contributed by atoms with Crippen molar-refractivity contribution in [2.24, 2.45) is 5.92 Å². The highest BCUT2D eigenvalue weighted by molar-refractivity contribution is 7.89. The summed E-state index contributed by atoms with van der Waals surface area (Å²) in [6.45, 7) is 0.632. The van der Waals surface area contributed by atoms with Crippen molar-refractivity contribution in [1.82, 2.24) is 29.4 Å². The fourth-order valence-electron chi connectivity index (χ4n) is 3.56.